The van der Waals surface area contributed by atoms with Crippen LogP contribution in [0.15, 0.2) is 18.2 Å². The minimum Gasteiger partial charge on any atom is -0.496 e. The zero-order valence-electron chi connectivity index (χ0n) is 13.1. The summed E-state index contributed by atoms with van der Waals surface area (Å²) in [5, 5.41) is 3.59. The number of likely N-dealkylation sites (N-methyl/N-ethyl adjacent to an activating group) is 1. The Labute approximate surface area is 122 Å². The van der Waals surface area contributed by atoms with Crippen LogP contribution < -0.4 is 10.1 Å². The Bertz CT molecular complexity index is 482. The van der Waals surface area contributed by atoms with E-state index in [-0.39, 0.29) is 0 Å². The normalized spacial score (nSPS) is 22.1. The summed E-state index contributed by atoms with van der Waals surface area (Å²) in [6.45, 7) is 6.48. The summed E-state index contributed by atoms with van der Waals surface area (Å²) in [5.74, 6) is 1.04. The largest absolute Gasteiger partial charge is 0.496 e. The summed E-state index contributed by atoms with van der Waals surface area (Å²) < 4.78 is 5.53. The number of benzene rings is 1. The number of hydrogen-bond donors (Lipinski definition) is 1. The number of ether oxygens (including phenoxy) is 1. The second-order valence-electron chi connectivity index (χ2n) is 6.95. The molecule has 0 radical (unpaired) electrons. The molecule has 1 aromatic carbocycles. The highest BCUT2D eigenvalue weighted by atomic mass is 16.5. The molecule has 20 heavy (non-hydrogen) atoms. The van der Waals surface area contributed by atoms with Crippen molar-refractivity contribution in [1.29, 1.82) is 0 Å². The Hall–Kier alpha value is -1.02. The molecule has 0 unspecified atom stereocenters. The van der Waals surface area contributed by atoms with Crippen LogP contribution in [-0.2, 0) is 5.41 Å². The van der Waals surface area contributed by atoms with Crippen LogP contribution in [0.1, 0.15) is 50.2 Å². The molecule has 110 valence electrons. The minimum atomic E-state index is 0.345. The highest BCUT2D eigenvalue weighted by Gasteiger charge is 2.57. The Kier molecular flexibility index (Phi) is 3.53. The summed E-state index contributed by atoms with van der Waals surface area (Å²) in [7, 11) is 1.78. The number of rotatable bonds is 5. The van der Waals surface area contributed by atoms with Crippen LogP contribution >= 0.6 is 0 Å². The first-order valence-electron chi connectivity index (χ1n) is 7.99. The van der Waals surface area contributed by atoms with E-state index in [2.05, 4.69) is 37.4 Å². The quantitative estimate of drug-likeness (QED) is 0.880. The molecule has 3 rings (SSSR count). The Morgan fingerprint density at radius 1 is 1.25 bits per heavy atom. The highest BCUT2D eigenvalue weighted by Crippen LogP contribution is 2.64. The van der Waals surface area contributed by atoms with Gasteiger partial charge in [-0.15, -0.1) is 0 Å². The number of nitrogens with one attached hydrogen (secondary N) is 1. The first-order chi connectivity index (χ1) is 9.63. The van der Waals surface area contributed by atoms with Crippen molar-refractivity contribution in [2.24, 2.45) is 5.41 Å². The lowest BCUT2D eigenvalue weighted by Gasteiger charge is -2.62. The van der Waals surface area contributed by atoms with E-state index in [0.717, 1.165) is 18.8 Å². The average molecular weight is 273 g/mol. The van der Waals surface area contributed by atoms with Crippen molar-refractivity contribution in [2.45, 2.75) is 51.4 Å². The van der Waals surface area contributed by atoms with Gasteiger partial charge in [-0.3, -0.25) is 0 Å². The molecule has 0 heterocycles. The van der Waals surface area contributed by atoms with Gasteiger partial charge in [0.1, 0.15) is 5.75 Å². The molecule has 2 aliphatic carbocycles. The zero-order valence-corrected chi connectivity index (χ0v) is 13.1. The molecule has 1 N–H and O–H groups in total. The Balaban J connectivity index is 1.86. The number of aryl methyl sites for hydroxylation is 1. The predicted molar refractivity (Wildman–Crippen MR) is 83.5 cm³/mol. The maximum absolute atomic E-state index is 5.53. The molecule has 1 spiro atoms. The number of methoxy groups -OCH3 is 1. The van der Waals surface area contributed by atoms with Crippen molar-refractivity contribution >= 4 is 0 Å². The van der Waals surface area contributed by atoms with E-state index >= 15 is 0 Å². The van der Waals surface area contributed by atoms with Crippen LogP contribution in [0.2, 0.25) is 0 Å². The monoisotopic (exact) mass is 273 g/mol. The van der Waals surface area contributed by atoms with Crippen molar-refractivity contribution < 1.29 is 4.74 Å². The van der Waals surface area contributed by atoms with E-state index in [1.54, 1.807) is 7.11 Å². The molecule has 0 aromatic heterocycles. The lowest BCUT2D eigenvalue weighted by atomic mass is 9.43. The third kappa shape index (κ3) is 2.14. The Morgan fingerprint density at radius 2 is 2.00 bits per heavy atom. The van der Waals surface area contributed by atoms with Crippen molar-refractivity contribution in [3.05, 3.63) is 29.3 Å². The molecule has 0 saturated heterocycles. The topological polar surface area (TPSA) is 21.3 Å². The summed E-state index contributed by atoms with van der Waals surface area (Å²) in [4.78, 5) is 0. The third-order valence-electron chi connectivity index (χ3n) is 5.57. The van der Waals surface area contributed by atoms with E-state index in [1.807, 2.05) is 0 Å². The van der Waals surface area contributed by atoms with Crippen molar-refractivity contribution in [2.75, 3.05) is 20.2 Å². The first kappa shape index (κ1) is 13.9. The van der Waals surface area contributed by atoms with Gasteiger partial charge in [-0.1, -0.05) is 25.5 Å². The molecule has 2 saturated carbocycles. The van der Waals surface area contributed by atoms with Gasteiger partial charge in [0.05, 0.1) is 7.11 Å². The second kappa shape index (κ2) is 5.07. The molecular formula is C18H27NO. The SMILES string of the molecule is CCNCC1(c2ccc(C)c(OC)c2)CC2(CCC2)C1. The van der Waals surface area contributed by atoms with E-state index < -0.39 is 0 Å². The number of hydrogen-bond acceptors (Lipinski definition) is 2. The average Bonchev–Trinajstić information content (AvgIpc) is 2.37. The van der Waals surface area contributed by atoms with Gasteiger partial charge in [0.2, 0.25) is 0 Å². The fraction of sp³-hybridized carbons (Fsp3) is 0.667. The lowest BCUT2D eigenvalue weighted by molar-refractivity contribution is -0.0481. The van der Waals surface area contributed by atoms with Gasteiger partial charge < -0.3 is 10.1 Å². The lowest BCUT2D eigenvalue weighted by Crippen LogP contribution is -2.57. The highest BCUT2D eigenvalue weighted by molar-refractivity contribution is 5.42. The summed E-state index contributed by atoms with van der Waals surface area (Å²) in [6, 6.07) is 6.81. The molecule has 2 nitrogen and oxygen atoms in total. The van der Waals surface area contributed by atoms with Crippen molar-refractivity contribution in [3.63, 3.8) is 0 Å². The molecule has 2 fully saturated rings. The fourth-order valence-corrected chi connectivity index (χ4v) is 4.36. The van der Waals surface area contributed by atoms with Crippen LogP contribution in [0.4, 0.5) is 0 Å². The first-order valence-corrected chi connectivity index (χ1v) is 7.99. The van der Waals surface area contributed by atoms with Crippen molar-refractivity contribution in [3.8, 4) is 5.75 Å². The maximum atomic E-state index is 5.53. The maximum Gasteiger partial charge on any atom is 0.122 e. The molecule has 0 amide bonds. The van der Waals surface area contributed by atoms with Gasteiger partial charge in [0.25, 0.3) is 0 Å². The van der Waals surface area contributed by atoms with Crippen LogP contribution in [0.3, 0.4) is 0 Å². The van der Waals surface area contributed by atoms with Gasteiger partial charge in [-0.2, -0.15) is 0 Å². The molecule has 1 aromatic rings. The van der Waals surface area contributed by atoms with Crippen molar-refractivity contribution in [1.82, 2.24) is 5.32 Å². The van der Waals surface area contributed by atoms with Crippen LogP contribution in [-0.4, -0.2) is 20.2 Å². The molecule has 0 bridgehead atoms. The smallest absolute Gasteiger partial charge is 0.122 e. The zero-order chi connectivity index (χ0) is 14.2. The van der Waals surface area contributed by atoms with Crippen LogP contribution in [0, 0.1) is 12.3 Å². The third-order valence-corrected chi connectivity index (χ3v) is 5.57. The van der Waals surface area contributed by atoms with Gasteiger partial charge >= 0.3 is 0 Å². The molecule has 2 aliphatic rings. The van der Waals surface area contributed by atoms with Gasteiger partial charge in [-0.25, -0.2) is 0 Å². The second-order valence-corrected chi connectivity index (χ2v) is 6.95. The van der Waals surface area contributed by atoms with Crippen LogP contribution in [0.25, 0.3) is 0 Å². The van der Waals surface area contributed by atoms with E-state index in [4.69, 9.17) is 4.74 Å². The van der Waals surface area contributed by atoms with E-state index in [1.165, 1.54) is 43.2 Å². The molecule has 0 aliphatic heterocycles. The van der Waals surface area contributed by atoms with Gasteiger partial charge in [0, 0.05) is 12.0 Å². The van der Waals surface area contributed by atoms with Gasteiger partial charge in [0.15, 0.2) is 0 Å². The minimum absolute atomic E-state index is 0.345. The summed E-state index contributed by atoms with van der Waals surface area (Å²) in [5.41, 5.74) is 3.73. The molecule has 0 atom stereocenters. The van der Waals surface area contributed by atoms with Crippen LogP contribution in [0.5, 0.6) is 5.75 Å². The molecule has 2 heteroatoms. The Morgan fingerprint density at radius 3 is 2.55 bits per heavy atom. The standard InChI is InChI=1S/C18H27NO/c1-4-19-13-18(11-17(12-18)8-5-9-17)15-7-6-14(2)16(10-15)20-3/h6-7,10,19H,4-5,8-9,11-13H2,1-3H3. The summed E-state index contributed by atoms with van der Waals surface area (Å²) in [6.07, 6.45) is 7.06. The molecular weight excluding hydrogens is 246 g/mol. The van der Waals surface area contributed by atoms with E-state index in [9.17, 15) is 0 Å². The fourth-order valence-electron chi connectivity index (χ4n) is 4.36. The van der Waals surface area contributed by atoms with E-state index in [0.29, 0.717) is 10.8 Å². The summed E-state index contributed by atoms with van der Waals surface area (Å²) >= 11 is 0. The predicted octanol–water partition coefficient (Wildman–Crippen LogP) is 3.82. The van der Waals surface area contributed by atoms with Gasteiger partial charge in [-0.05, 0) is 61.8 Å².